The van der Waals surface area contributed by atoms with E-state index in [-0.39, 0.29) is 0 Å². The van der Waals surface area contributed by atoms with Gasteiger partial charge in [0, 0.05) is 19.3 Å². The van der Waals surface area contributed by atoms with Crippen molar-refractivity contribution in [3.05, 3.63) is 23.8 Å². The smallest absolute Gasteiger partial charge is 0.101 e. The zero-order valence-electron chi connectivity index (χ0n) is 11.8. The third-order valence-electron chi connectivity index (χ3n) is 3.92. The molecular formula is C15H22N4. The lowest BCUT2D eigenvalue weighted by Crippen LogP contribution is -2.35. The van der Waals surface area contributed by atoms with Crippen molar-refractivity contribution >= 4 is 11.4 Å². The average Bonchev–Trinajstić information content (AvgIpc) is 2.41. The minimum absolute atomic E-state index is 0.646. The molecule has 0 saturated carbocycles. The highest BCUT2D eigenvalue weighted by Gasteiger charge is 2.19. The lowest BCUT2D eigenvalue weighted by molar-refractivity contribution is 0.222. The molecule has 0 atom stereocenters. The summed E-state index contributed by atoms with van der Waals surface area (Å²) < 4.78 is 0. The standard InChI is InChI=1S/C15H22N4/c1-18-7-5-12(6-8-18)11-19(2)15-4-3-14(17)9-13(15)10-16/h3-4,9,12H,5-8,11,17H2,1-2H3. The van der Waals surface area contributed by atoms with E-state index in [4.69, 9.17) is 5.73 Å². The Morgan fingerprint density at radius 2 is 2.11 bits per heavy atom. The fourth-order valence-corrected chi connectivity index (χ4v) is 2.71. The van der Waals surface area contributed by atoms with Crippen LogP contribution in [0.2, 0.25) is 0 Å². The fourth-order valence-electron chi connectivity index (χ4n) is 2.71. The molecule has 4 nitrogen and oxygen atoms in total. The summed E-state index contributed by atoms with van der Waals surface area (Å²) in [5.41, 5.74) is 8.02. The largest absolute Gasteiger partial charge is 0.399 e. The van der Waals surface area contributed by atoms with E-state index in [2.05, 4.69) is 30.0 Å². The molecule has 1 heterocycles. The Kier molecular flexibility index (Phi) is 4.28. The van der Waals surface area contributed by atoms with Crippen molar-refractivity contribution < 1.29 is 0 Å². The zero-order valence-corrected chi connectivity index (χ0v) is 11.8. The maximum Gasteiger partial charge on any atom is 0.101 e. The SMILES string of the molecule is CN1CCC(CN(C)c2ccc(N)cc2C#N)CC1. The molecule has 0 unspecified atom stereocenters. The Bertz CT molecular complexity index is 470. The van der Waals surface area contributed by atoms with Crippen LogP contribution in [0.5, 0.6) is 0 Å². The van der Waals surface area contributed by atoms with E-state index >= 15 is 0 Å². The van der Waals surface area contributed by atoms with Crippen LogP contribution in [0.25, 0.3) is 0 Å². The summed E-state index contributed by atoms with van der Waals surface area (Å²) in [5.74, 6) is 0.713. The monoisotopic (exact) mass is 258 g/mol. The molecular weight excluding hydrogens is 236 g/mol. The number of nitrogens with zero attached hydrogens (tertiary/aromatic N) is 3. The number of likely N-dealkylation sites (tertiary alicyclic amines) is 1. The average molecular weight is 258 g/mol. The van der Waals surface area contributed by atoms with Crippen molar-refractivity contribution in [3.63, 3.8) is 0 Å². The predicted molar refractivity (Wildman–Crippen MR) is 79.1 cm³/mol. The summed E-state index contributed by atoms with van der Waals surface area (Å²) in [6.07, 6.45) is 2.47. The van der Waals surface area contributed by atoms with Gasteiger partial charge in [-0.2, -0.15) is 5.26 Å². The van der Waals surface area contributed by atoms with E-state index < -0.39 is 0 Å². The van der Waals surface area contributed by atoms with Gasteiger partial charge in [-0.05, 0) is 57.1 Å². The summed E-state index contributed by atoms with van der Waals surface area (Å²) in [6.45, 7) is 3.35. The number of piperidine rings is 1. The number of anilines is 2. The van der Waals surface area contributed by atoms with Crippen molar-refractivity contribution in [1.29, 1.82) is 5.26 Å². The fraction of sp³-hybridized carbons (Fsp3) is 0.533. The molecule has 0 radical (unpaired) electrons. The molecule has 0 spiro atoms. The van der Waals surface area contributed by atoms with Gasteiger partial charge in [0.2, 0.25) is 0 Å². The van der Waals surface area contributed by atoms with E-state index in [1.54, 1.807) is 6.07 Å². The van der Waals surface area contributed by atoms with Crippen LogP contribution in [0.4, 0.5) is 11.4 Å². The maximum absolute atomic E-state index is 9.19. The Morgan fingerprint density at radius 1 is 1.42 bits per heavy atom. The Morgan fingerprint density at radius 3 is 2.74 bits per heavy atom. The van der Waals surface area contributed by atoms with Gasteiger partial charge in [0.1, 0.15) is 6.07 Å². The van der Waals surface area contributed by atoms with Crippen LogP contribution in [0.1, 0.15) is 18.4 Å². The quantitative estimate of drug-likeness (QED) is 0.842. The molecule has 0 aliphatic carbocycles. The number of nitriles is 1. The molecule has 19 heavy (non-hydrogen) atoms. The number of rotatable bonds is 3. The van der Waals surface area contributed by atoms with E-state index in [1.165, 1.54) is 25.9 Å². The number of hydrogen-bond donors (Lipinski definition) is 1. The van der Waals surface area contributed by atoms with Crippen LogP contribution in [-0.2, 0) is 0 Å². The minimum atomic E-state index is 0.646. The van der Waals surface area contributed by atoms with Gasteiger partial charge in [0.05, 0.1) is 11.3 Å². The first kappa shape index (κ1) is 13.7. The van der Waals surface area contributed by atoms with Crippen LogP contribution in [0.3, 0.4) is 0 Å². The van der Waals surface area contributed by atoms with Crippen LogP contribution in [-0.4, -0.2) is 38.6 Å². The first-order valence-electron chi connectivity index (χ1n) is 6.79. The minimum Gasteiger partial charge on any atom is -0.399 e. The molecule has 1 saturated heterocycles. The summed E-state index contributed by atoms with van der Waals surface area (Å²) in [4.78, 5) is 4.56. The number of nitrogens with two attached hydrogens (primary N) is 1. The molecule has 1 aromatic rings. The van der Waals surface area contributed by atoms with E-state index in [0.29, 0.717) is 17.2 Å². The summed E-state index contributed by atoms with van der Waals surface area (Å²) in [7, 11) is 4.23. The van der Waals surface area contributed by atoms with Crippen LogP contribution >= 0.6 is 0 Å². The van der Waals surface area contributed by atoms with E-state index in [9.17, 15) is 5.26 Å². The van der Waals surface area contributed by atoms with Crippen LogP contribution < -0.4 is 10.6 Å². The molecule has 0 aromatic heterocycles. The second kappa shape index (κ2) is 5.94. The predicted octanol–water partition coefficient (Wildman–Crippen LogP) is 1.92. The summed E-state index contributed by atoms with van der Waals surface area (Å²) >= 11 is 0. The number of nitrogen functional groups attached to an aromatic ring is 1. The second-order valence-electron chi connectivity index (χ2n) is 5.52. The van der Waals surface area contributed by atoms with Gasteiger partial charge in [0.25, 0.3) is 0 Å². The lowest BCUT2D eigenvalue weighted by atomic mass is 9.96. The highest BCUT2D eigenvalue weighted by molar-refractivity contribution is 5.64. The topological polar surface area (TPSA) is 56.3 Å². The molecule has 0 amide bonds. The Balaban J connectivity index is 2.04. The Labute approximate surface area is 115 Å². The molecule has 4 heteroatoms. The van der Waals surface area contributed by atoms with E-state index in [1.807, 2.05) is 12.1 Å². The van der Waals surface area contributed by atoms with Gasteiger partial charge in [0.15, 0.2) is 0 Å². The summed E-state index contributed by atoms with van der Waals surface area (Å²) in [6, 6.07) is 7.79. The first-order valence-corrected chi connectivity index (χ1v) is 6.79. The highest BCUT2D eigenvalue weighted by Crippen LogP contribution is 2.24. The van der Waals surface area contributed by atoms with Gasteiger partial charge in [-0.25, -0.2) is 0 Å². The Hall–Kier alpha value is -1.73. The third-order valence-corrected chi connectivity index (χ3v) is 3.92. The van der Waals surface area contributed by atoms with Crippen molar-refractivity contribution in [2.24, 2.45) is 5.92 Å². The first-order chi connectivity index (χ1) is 9.10. The van der Waals surface area contributed by atoms with Crippen molar-refractivity contribution in [1.82, 2.24) is 4.90 Å². The molecule has 2 N–H and O–H groups in total. The van der Waals surface area contributed by atoms with Crippen molar-refractivity contribution in [2.75, 3.05) is 44.4 Å². The number of benzene rings is 1. The van der Waals surface area contributed by atoms with Gasteiger partial charge in [-0.3, -0.25) is 0 Å². The molecule has 2 rings (SSSR count). The van der Waals surface area contributed by atoms with Gasteiger partial charge in [-0.1, -0.05) is 0 Å². The molecule has 1 fully saturated rings. The van der Waals surface area contributed by atoms with Crippen molar-refractivity contribution in [3.8, 4) is 6.07 Å². The molecule has 1 aliphatic heterocycles. The third kappa shape index (κ3) is 3.39. The maximum atomic E-state index is 9.19. The zero-order chi connectivity index (χ0) is 13.8. The van der Waals surface area contributed by atoms with Crippen LogP contribution in [0.15, 0.2) is 18.2 Å². The highest BCUT2D eigenvalue weighted by atomic mass is 15.1. The lowest BCUT2D eigenvalue weighted by Gasteiger charge is -2.32. The van der Waals surface area contributed by atoms with Gasteiger partial charge < -0.3 is 15.5 Å². The molecule has 0 bridgehead atoms. The molecule has 1 aliphatic rings. The summed E-state index contributed by atoms with van der Waals surface area (Å²) in [5, 5.41) is 9.19. The second-order valence-corrected chi connectivity index (χ2v) is 5.52. The molecule has 1 aromatic carbocycles. The van der Waals surface area contributed by atoms with Crippen LogP contribution in [0, 0.1) is 17.2 Å². The van der Waals surface area contributed by atoms with Gasteiger partial charge >= 0.3 is 0 Å². The van der Waals surface area contributed by atoms with E-state index in [0.717, 1.165) is 12.2 Å². The molecule has 102 valence electrons. The van der Waals surface area contributed by atoms with Gasteiger partial charge in [-0.15, -0.1) is 0 Å². The number of hydrogen-bond acceptors (Lipinski definition) is 4. The van der Waals surface area contributed by atoms with Crippen molar-refractivity contribution in [2.45, 2.75) is 12.8 Å². The normalized spacial score (nSPS) is 17.1.